The van der Waals surface area contributed by atoms with Gasteiger partial charge in [0.15, 0.2) is 0 Å². The molecule has 2 amide bonds. The number of nitrogens with one attached hydrogen (secondary N) is 1. The molecule has 4 nitrogen and oxygen atoms in total. The minimum Gasteiger partial charge on any atom is -0.352 e. The normalized spacial score (nSPS) is 15.1. The van der Waals surface area contributed by atoms with Gasteiger partial charge >= 0.3 is 0 Å². The maximum Gasteiger partial charge on any atom is 0.243 e. The molecule has 0 heterocycles. The van der Waals surface area contributed by atoms with Gasteiger partial charge in [-0.25, -0.2) is 0 Å². The topological polar surface area (TPSA) is 49.4 Å². The number of hydrogen-bond donors (Lipinski definition) is 1. The van der Waals surface area contributed by atoms with Gasteiger partial charge in [-0.15, -0.1) is 0 Å². The monoisotopic (exact) mass is 468 g/mol. The van der Waals surface area contributed by atoms with Gasteiger partial charge in [0.2, 0.25) is 11.8 Å². The molecule has 178 valence electrons. The SMILES string of the molecule is CCc1ccc(CCC(=O)N(Cc2ccccc2Cl)[C@H](CC)C(=O)NC2CCCCC2)cc1. The Hall–Kier alpha value is -2.33. The summed E-state index contributed by atoms with van der Waals surface area (Å²) in [4.78, 5) is 28.5. The predicted octanol–water partition coefficient (Wildman–Crippen LogP) is 6.09. The number of hydrogen-bond acceptors (Lipinski definition) is 2. The lowest BCUT2D eigenvalue weighted by Crippen LogP contribution is -2.51. The fourth-order valence-corrected chi connectivity index (χ4v) is 4.81. The predicted molar refractivity (Wildman–Crippen MR) is 135 cm³/mol. The second-order valence-corrected chi connectivity index (χ2v) is 9.46. The van der Waals surface area contributed by atoms with E-state index in [2.05, 4.69) is 36.5 Å². The van der Waals surface area contributed by atoms with Crippen LogP contribution in [0.15, 0.2) is 48.5 Å². The number of nitrogens with zero attached hydrogens (tertiary/aromatic N) is 1. The zero-order valence-electron chi connectivity index (χ0n) is 20.0. The largest absolute Gasteiger partial charge is 0.352 e. The summed E-state index contributed by atoms with van der Waals surface area (Å²) in [6.45, 7) is 4.44. The van der Waals surface area contributed by atoms with E-state index in [9.17, 15) is 9.59 Å². The molecule has 0 spiro atoms. The van der Waals surface area contributed by atoms with Gasteiger partial charge in [0, 0.05) is 24.0 Å². The summed E-state index contributed by atoms with van der Waals surface area (Å²) in [6, 6.07) is 15.7. The third kappa shape index (κ3) is 7.33. The molecule has 0 saturated heterocycles. The van der Waals surface area contributed by atoms with Crippen LogP contribution >= 0.6 is 11.6 Å². The van der Waals surface area contributed by atoms with Crippen LogP contribution in [0.3, 0.4) is 0 Å². The second-order valence-electron chi connectivity index (χ2n) is 9.05. The lowest BCUT2D eigenvalue weighted by atomic mass is 9.95. The summed E-state index contributed by atoms with van der Waals surface area (Å²) in [6.07, 6.45) is 8.18. The molecule has 5 heteroatoms. The van der Waals surface area contributed by atoms with Gasteiger partial charge in [0.05, 0.1) is 0 Å². The van der Waals surface area contributed by atoms with E-state index in [-0.39, 0.29) is 17.9 Å². The van der Waals surface area contributed by atoms with Crippen LogP contribution in [0.1, 0.15) is 75.5 Å². The molecule has 1 aliphatic carbocycles. The highest BCUT2D eigenvalue weighted by Gasteiger charge is 2.30. The molecule has 1 fully saturated rings. The number of carbonyl (C=O) groups is 2. The maximum absolute atomic E-state index is 13.5. The number of halogens is 1. The quantitative estimate of drug-likeness (QED) is 0.458. The Morgan fingerprint density at radius 3 is 2.30 bits per heavy atom. The van der Waals surface area contributed by atoms with Crippen molar-refractivity contribution in [3.05, 3.63) is 70.2 Å². The van der Waals surface area contributed by atoms with E-state index in [1.807, 2.05) is 31.2 Å². The Morgan fingerprint density at radius 1 is 1.00 bits per heavy atom. The van der Waals surface area contributed by atoms with Gasteiger partial charge in [0.1, 0.15) is 6.04 Å². The summed E-state index contributed by atoms with van der Waals surface area (Å²) in [7, 11) is 0. The molecule has 1 atom stereocenters. The molecule has 0 aliphatic heterocycles. The highest BCUT2D eigenvalue weighted by molar-refractivity contribution is 6.31. The average Bonchev–Trinajstić information content (AvgIpc) is 2.84. The first-order chi connectivity index (χ1) is 16.0. The standard InChI is InChI=1S/C28H37ClN2O2/c1-3-21-14-16-22(17-15-21)18-19-27(32)31(20-23-10-8-9-13-25(23)29)26(4-2)28(33)30-24-11-6-5-7-12-24/h8-10,13-17,24,26H,3-7,11-12,18-20H2,1-2H3,(H,30,33)/t26-/m1/s1. The van der Waals surface area contributed by atoms with Crippen LogP contribution in [0.25, 0.3) is 0 Å². The van der Waals surface area contributed by atoms with Crippen LogP contribution in [0.4, 0.5) is 0 Å². The number of amides is 2. The van der Waals surface area contributed by atoms with Crippen LogP contribution < -0.4 is 5.32 Å². The van der Waals surface area contributed by atoms with Gasteiger partial charge in [-0.1, -0.05) is 87.2 Å². The van der Waals surface area contributed by atoms with Crippen molar-refractivity contribution in [3.63, 3.8) is 0 Å². The molecule has 0 aromatic heterocycles. The molecule has 1 aliphatic rings. The van der Waals surface area contributed by atoms with Crippen molar-refractivity contribution in [1.29, 1.82) is 0 Å². The van der Waals surface area contributed by atoms with E-state index in [1.54, 1.807) is 4.90 Å². The van der Waals surface area contributed by atoms with Crippen molar-refractivity contribution in [2.45, 2.75) is 90.3 Å². The molecule has 2 aromatic carbocycles. The smallest absolute Gasteiger partial charge is 0.243 e. The summed E-state index contributed by atoms with van der Waals surface area (Å²) in [5, 5.41) is 3.84. The maximum atomic E-state index is 13.5. The van der Waals surface area contributed by atoms with Crippen LogP contribution in [0.5, 0.6) is 0 Å². The molecule has 1 N–H and O–H groups in total. The fourth-order valence-electron chi connectivity index (χ4n) is 4.61. The van der Waals surface area contributed by atoms with E-state index in [1.165, 1.54) is 12.0 Å². The van der Waals surface area contributed by atoms with Crippen LogP contribution in [0, 0.1) is 0 Å². The Kier molecular flexibility index (Phi) is 9.80. The molecule has 0 radical (unpaired) electrons. The number of rotatable bonds is 10. The number of aryl methyl sites for hydroxylation is 2. The Balaban J connectivity index is 1.74. The van der Waals surface area contributed by atoms with Crippen molar-refractivity contribution >= 4 is 23.4 Å². The molecule has 3 rings (SSSR count). The van der Waals surface area contributed by atoms with Crippen LogP contribution in [-0.4, -0.2) is 28.8 Å². The summed E-state index contributed by atoms with van der Waals surface area (Å²) >= 11 is 6.42. The van der Waals surface area contributed by atoms with Gasteiger partial charge in [-0.2, -0.15) is 0 Å². The second kappa shape index (κ2) is 12.8. The van der Waals surface area contributed by atoms with Crippen molar-refractivity contribution in [2.75, 3.05) is 0 Å². The van der Waals surface area contributed by atoms with Gasteiger partial charge in [0.25, 0.3) is 0 Å². The van der Waals surface area contributed by atoms with E-state index in [4.69, 9.17) is 11.6 Å². The van der Waals surface area contributed by atoms with Crippen molar-refractivity contribution in [2.24, 2.45) is 0 Å². The molecular weight excluding hydrogens is 432 g/mol. The van der Waals surface area contributed by atoms with Crippen molar-refractivity contribution in [3.8, 4) is 0 Å². The average molecular weight is 469 g/mol. The first kappa shape index (κ1) is 25.3. The number of benzene rings is 2. The molecule has 33 heavy (non-hydrogen) atoms. The minimum atomic E-state index is -0.502. The molecule has 1 saturated carbocycles. The zero-order chi connectivity index (χ0) is 23.6. The Bertz CT molecular complexity index is 906. The molecule has 0 unspecified atom stereocenters. The van der Waals surface area contributed by atoms with Gasteiger partial charge in [-0.05, 0) is 54.9 Å². The first-order valence-corrected chi connectivity index (χ1v) is 12.8. The van der Waals surface area contributed by atoms with Gasteiger partial charge < -0.3 is 10.2 Å². The molecule has 0 bridgehead atoms. The third-order valence-electron chi connectivity index (χ3n) is 6.69. The van der Waals surface area contributed by atoms with Crippen LogP contribution in [-0.2, 0) is 29.0 Å². The minimum absolute atomic E-state index is 0.0138. The summed E-state index contributed by atoms with van der Waals surface area (Å²) in [5.41, 5.74) is 3.29. The summed E-state index contributed by atoms with van der Waals surface area (Å²) < 4.78 is 0. The van der Waals surface area contributed by atoms with Gasteiger partial charge in [-0.3, -0.25) is 9.59 Å². The van der Waals surface area contributed by atoms with Crippen molar-refractivity contribution < 1.29 is 9.59 Å². The molecular formula is C28H37ClN2O2. The lowest BCUT2D eigenvalue weighted by Gasteiger charge is -2.33. The fraction of sp³-hybridized carbons (Fsp3) is 0.500. The third-order valence-corrected chi connectivity index (χ3v) is 7.06. The highest BCUT2D eigenvalue weighted by Crippen LogP contribution is 2.22. The Labute approximate surface area is 203 Å². The van der Waals surface area contributed by atoms with E-state index >= 15 is 0 Å². The number of carbonyl (C=O) groups excluding carboxylic acids is 2. The zero-order valence-corrected chi connectivity index (χ0v) is 20.7. The van der Waals surface area contributed by atoms with E-state index < -0.39 is 6.04 Å². The van der Waals surface area contributed by atoms with Crippen LogP contribution in [0.2, 0.25) is 5.02 Å². The lowest BCUT2D eigenvalue weighted by molar-refractivity contribution is -0.141. The highest BCUT2D eigenvalue weighted by atomic mass is 35.5. The summed E-state index contributed by atoms with van der Waals surface area (Å²) in [5.74, 6) is -0.0581. The first-order valence-electron chi connectivity index (χ1n) is 12.4. The van der Waals surface area contributed by atoms with E-state index in [0.29, 0.717) is 30.8 Å². The molecule has 2 aromatic rings. The van der Waals surface area contributed by atoms with E-state index in [0.717, 1.165) is 43.2 Å². The Morgan fingerprint density at radius 2 is 1.67 bits per heavy atom. The van der Waals surface area contributed by atoms with Crippen molar-refractivity contribution in [1.82, 2.24) is 10.2 Å².